The number of benzene rings is 3. The number of methoxy groups -OCH3 is 2. The van der Waals surface area contributed by atoms with E-state index in [4.69, 9.17) is 9.47 Å². The van der Waals surface area contributed by atoms with Gasteiger partial charge in [-0.1, -0.05) is 36.4 Å². The van der Waals surface area contributed by atoms with Crippen LogP contribution < -0.4 is 20.1 Å². The lowest BCUT2D eigenvalue weighted by Crippen LogP contribution is -2.27. The van der Waals surface area contributed by atoms with Crippen LogP contribution in [0.1, 0.15) is 11.1 Å². The van der Waals surface area contributed by atoms with Crippen LogP contribution in [0.2, 0.25) is 0 Å². The third-order valence-electron chi connectivity index (χ3n) is 5.97. The highest BCUT2D eigenvalue weighted by Gasteiger charge is 2.43. The fraction of sp³-hybridized carbons (Fsp3) is 0.0741. The monoisotopic (exact) mass is 456 g/mol. The van der Waals surface area contributed by atoms with Crippen LogP contribution in [0.15, 0.2) is 95.8 Å². The molecule has 33 heavy (non-hydrogen) atoms. The number of rotatable bonds is 4. The molecule has 1 N–H and O–H groups in total. The summed E-state index contributed by atoms with van der Waals surface area (Å²) in [6.45, 7) is 0. The Labute approximate surface area is 191 Å². The van der Waals surface area contributed by atoms with E-state index in [1.54, 1.807) is 44.6 Å². The summed E-state index contributed by atoms with van der Waals surface area (Å²) in [6.07, 6.45) is 4.63. The molecular formula is C27H21O5P. The molecule has 0 bridgehead atoms. The van der Waals surface area contributed by atoms with E-state index in [-0.39, 0.29) is 11.5 Å². The molecule has 0 amide bonds. The number of aromatic hydroxyl groups is 1. The first-order valence-corrected chi connectivity index (χ1v) is 12.1. The first kappa shape index (κ1) is 21.0. The molecule has 5 nitrogen and oxygen atoms in total. The summed E-state index contributed by atoms with van der Waals surface area (Å²) in [5.74, 6) is 0.923. The maximum atomic E-state index is 14.9. The van der Waals surface area contributed by atoms with Gasteiger partial charge in [-0.2, -0.15) is 0 Å². The average Bonchev–Trinajstić information content (AvgIpc) is 2.85. The van der Waals surface area contributed by atoms with E-state index < -0.39 is 7.14 Å². The predicted molar refractivity (Wildman–Crippen MR) is 129 cm³/mol. The number of hydrogen-bond donors (Lipinski definition) is 1. The van der Waals surface area contributed by atoms with Gasteiger partial charge in [0, 0.05) is 21.5 Å². The average molecular weight is 456 g/mol. The highest BCUT2D eigenvalue weighted by atomic mass is 31.2. The summed E-state index contributed by atoms with van der Waals surface area (Å²) >= 11 is 0. The van der Waals surface area contributed by atoms with Gasteiger partial charge in [-0.3, -0.25) is 4.79 Å². The molecule has 3 aromatic rings. The molecular weight excluding hydrogens is 435 g/mol. The van der Waals surface area contributed by atoms with Crippen LogP contribution in [0, 0.1) is 0 Å². The maximum absolute atomic E-state index is 14.9. The molecule has 1 unspecified atom stereocenters. The predicted octanol–water partition coefficient (Wildman–Crippen LogP) is 4.56. The van der Waals surface area contributed by atoms with Crippen LogP contribution in [0.25, 0.3) is 5.57 Å². The molecule has 5 rings (SSSR count). The SMILES string of the molecule is COc1cccc(OC)c1C1=C2C=CC(=O)C=C2P(=O)(c2ccccc2)c2cc(O)ccc21. The summed E-state index contributed by atoms with van der Waals surface area (Å²) < 4.78 is 26.3. The quantitative estimate of drug-likeness (QED) is 0.583. The normalized spacial score (nSPS) is 19.0. The van der Waals surface area contributed by atoms with Crippen LogP contribution >= 0.6 is 7.14 Å². The van der Waals surface area contributed by atoms with Gasteiger partial charge in [-0.05, 0) is 59.7 Å². The third kappa shape index (κ3) is 3.16. The zero-order valence-corrected chi connectivity index (χ0v) is 19.0. The number of ketones is 1. The zero-order valence-electron chi connectivity index (χ0n) is 18.1. The van der Waals surface area contributed by atoms with E-state index in [9.17, 15) is 14.5 Å². The fourth-order valence-electron chi connectivity index (χ4n) is 4.53. The van der Waals surface area contributed by atoms with Gasteiger partial charge >= 0.3 is 0 Å². The van der Waals surface area contributed by atoms with Crippen molar-refractivity contribution in [1.82, 2.24) is 0 Å². The molecule has 0 spiro atoms. The van der Waals surface area contributed by atoms with Gasteiger partial charge in [-0.15, -0.1) is 0 Å². The van der Waals surface area contributed by atoms with E-state index in [2.05, 4.69) is 0 Å². The van der Waals surface area contributed by atoms with Gasteiger partial charge in [0.2, 0.25) is 0 Å². The molecule has 0 saturated heterocycles. The molecule has 0 fully saturated rings. The van der Waals surface area contributed by atoms with Crippen molar-refractivity contribution < 1.29 is 23.9 Å². The third-order valence-corrected chi connectivity index (χ3v) is 9.09. The molecule has 1 heterocycles. The van der Waals surface area contributed by atoms with Crippen molar-refractivity contribution in [3.8, 4) is 17.2 Å². The van der Waals surface area contributed by atoms with Crippen molar-refractivity contribution in [2.75, 3.05) is 14.2 Å². The van der Waals surface area contributed by atoms with E-state index in [0.29, 0.717) is 44.1 Å². The summed E-state index contributed by atoms with van der Waals surface area (Å²) in [5.41, 5.74) is 2.78. The smallest absolute Gasteiger partial charge is 0.179 e. The Morgan fingerprint density at radius 2 is 1.55 bits per heavy atom. The lowest BCUT2D eigenvalue weighted by atomic mass is 9.89. The van der Waals surface area contributed by atoms with Crippen molar-refractivity contribution in [1.29, 1.82) is 0 Å². The molecule has 0 saturated carbocycles. The topological polar surface area (TPSA) is 72.8 Å². The Bertz CT molecular complexity index is 1410. The van der Waals surface area contributed by atoms with E-state index >= 15 is 0 Å². The summed E-state index contributed by atoms with van der Waals surface area (Å²) in [4.78, 5) is 12.5. The fourth-order valence-corrected chi connectivity index (χ4v) is 7.62. The molecule has 1 aliphatic carbocycles. The van der Waals surface area contributed by atoms with Crippen LogP contribution in [-0.4, -0.2) is 25.1 Å². The number of hydrogen-bond acceptors (Lipinski definition) is 5. The molecule has 0 aromatic heterocycles. The van der Waals surface area contributed by atoms with Crippen molar-refractivity contribution in [3.05, 3.63) is 107 Å². The number of phenols is 1. The Hall–Kier alpha value is -3.82. The standard InChI is InChI=1S/C27H21O5P/c1-31-22-9-6-10-23(32-2)27(22)26-20-13-11-17(28)15-24(20)33(30,19-7-4-3-5-8-19)25-16-18(29)12-14-21(25)26/h3-16,28H,1-2H3. The molecule has 6 heteroatoms. The zero-order chi connectivity index (χ0) is 23.2. The van der Waals surface area contributed by atoms with E-state index in [0.717, 1.165) is 5.57 Å². The van der Waals surface area contributed by atoms with Gasteiger partial charge in [0.25, 0.3) is 0 Å². The Kier molecular flexibility index (Phi) is 5.07. The second-order valence-electron chi connectivity index (χ2n) is 7.74. The van der Waals surface area contributed by atoms with Crippen LogP contribution in [0.4, 0.5) is 0 Å². The second-order valence-corrected chi connectivity index (χ2v) is 10.4. The molecule has 3 aromatic carbocycles. The van der Waals surface area contributed by atoms with Gasteiger partial charge < -0.3 is 19.1 Å². The molecule has 1 atom stereocenters. The Morgan fingerprint density at radius 1 is 0.848 bits per heavy atom. The largest absolute Gasteiger partial charge is 0.508 e. The lowest BCUT2D eigenvalue weighted by molar-refractivity contribution is -0.110. The van der Waals surface area contributed by atoms with Crippen molar-refractivity contribution >= 4 is 29.1 Å². The minimum atomic E-state index is -3.47. The van der Waals surface area contributed by atoms with Gasteiger partial charge in [0.1, 0.15) is 17.2 Å². The number of fused-ring (bicyclic) bond motifs is 2. The summed E-state index contributed by atoms with van der Waals surface area (Å²) in [6, 6.07) is 19.4. The summed E-state index contributed by atoms with van der Waals surface area (Å²) in [7, 11) is -0.309. The Balaban J connectivity index is 1.96. The van der Waals surface area contributed by atoms with Crippen molar-refractivity contribution in [2.24, 2.45) is 0 Å². The second kappa shape index (κ2) is 7.95. The van der Waals surface area contributed by atoms with Crippen molar-refractivity contribution in [2.45, 2.75) is 0 Å². The Morgan fingerprint density at radius 3 is 2.21 bits per heavy atom. The number of phenolic OH excluding ortho intramolecular Hbond substituents is 1. The van der Waals surface area contributed by atoms with Crippen LogP contribution in [0.3, 0.4) is 0 Å². The molecule has 0 radical (unpaired) electrons. The number of carbonyl (C=O) groups is 1. The maximum Gasteiger partial charge on any atom is 0.179 e. The lowest BCUT2D eigenvalue weighted by Gasteiger charge is -2.34. The first-order valence-electron chi connectivity index (χ1n) is 10.4. The highest BCUT2D eigenvalue weighted by Crippen LogP contribution is 2.62. The molecule has 2 aliphatic rings. The minimum absolute atomic E-state index is 0.00187. The number of ether oxygens (including phenoxy) is 2. The highest BCUT2D eigenvalue weighted by molar-refractivity contribution is 7.83. The first-order chi connectivity index (χ1) is 16.0. The minimum Gasteiger partial charge on any atom is -0.508 e. The van der Waals surface area contributed by atoms with Gasteiger partial charge in [-0.25, -0.2) is 0 Å². The molecule has 164 valence electrons. The van der Waals surface area contributed by atoms with Crippen LogP contribution in [-0.2, 0) is 9.36 Å². The van der Waals surface area contributed by atoms with Crippen LogP contribution in [0.5, 0.6) is 17.2 Å². The van der Waals surface area contributed by atoms with E-state index in [1.165, 1.54) is 18.2 Å². The van der Waals surface area contributed by atoms with E-state index in [1.807, 2.05) is 36.4 Å². The van der Waals surface area contributed by atoms with Gasteiger partial charge in [0.15, 0.2) is 12.9 Å². The number of carbonyl (C=O) groups excluding carboxylic acids is 1. The molecule has 1 aliphatic heterocycles. The number of allylic oxidation sites excluding steroid dienone is 5. The summed E-state index contributed by atoms with van der Waals surface area (Å²) in [5, 5.41) is 11.9. The van der Waals surface area contributed by atoms with Gasteiger partial charge in [0.05, 0.1) is 19.8 Å². The van der Waals surface area contributed by atoms with Crippen molar-refractivity contribution in [3.63, 3.8) is 0 Å².